The van der Waals surface area contributed by atoms with Gasteiger partial charge in [0.15, 0.2) is 0 Å². The van der Waals surface area contributed by atoms with Crippen LogP contribution in [0.25, 0.3) is 0 Å². The maximum atomic E-state index is 13.8. The molecular weight excluding hydrogens is 449 g/mol. The number of carbonyl (C=O) groups excluding carboxylic acids is 2. The molecule has 1 aromatic rings. The molecule has 1 aromatic carbocycles. The van der Waals surface area contributed by atoms with Crippen LogP contribution in [0.1, 0.15) is 45.1 Å². The molecule has 2 rings (SSSR count). The van der Waals surface area contributed by atoms with E-state index in [-0.39, 0.29) is 49.9 Å². The maximum absolute atomic E-state index is 13.8. The molecule has 1 aliphatic heterocycles. The Morgan fingerprint density at radius 1 is 1.21 bits per heavy atom. The van der Waals surface area contributed by atoms with Crippen LogP contribution in [0.2, 0.25) is 0 Å². The van der Waals surface area contributed by atoms with Gasteiger partial charge in [-0.25, -0.2) is 12.8 Å². The van der Waals surface area contributed by atoms with Crippen LogP contribution in [0.15, 0.2) is 24.3 Å². The molecule has 0 saturated carbocycles. The van der Waals surface area contributed by atoms with Crippen molar-refractivity contribution >= 4 is 21.8 Å². The Bertz CT molecular complexity index is 888. The van der Waals surface area contributed by atoms with Crippen molar-refractivity contribution in [3.63, 3.8) is 0 Å². The SMILES string of the molecule is CCCC(=O)N1CCC(N(Cc2cccc(F)c2)C(=O)CN(CCOC)S(=O)(=O)CC)CC1. The predicted octanol–water partition coefficient (Wildman–Crippen LogP) is 2.24. The van der Waals surface area contributed by atoms with Crippen LogP contribution in [0.3, 0.4) is 0 Å². The number of halogens is 1. The number of hydrogen-bond acceptors (Lipinski definition) is 5. The van der Waals surface area contributed by atoms with Gasteiger partial charge < -0.3 is 14.5 Å². The van der Waals surface area contributed by atoms with Gasteiger partial charge >= 0.3 is 0 Å². The van der Waals surface area contributed by atoms with Crippen molar-refractivity contribution < 1.29 is 27.1 Å². The van der Waals surface area contributed by atoms with E-state index in [0.29, 0.717) is 37.9 Å². The number of ether oxygens (including phenoxy) is 1. The van der Waals surface area contributed by atoms with E-state index in [2.05, 4.69) is 0 Å². The molecule has 0 atom stereocenters. The fraction of sp³-hybridized carbons (Fsp3) is 0.652. The van der Waals surface area contributed by atoms with Crippen molar-refractivity contribution in [1.29, 1.82) is 0 Å². The molecule has 186 valence electrons. The Kier molecular flexibility index (Phi) is 10.7. The van der Waals surface area contributed by atoms with Crippen LogP contribution in [0.5, 0.6) is 0 Å². The highest BCUT2D eigenvalue weighted by atomic mass is 32.2. The van der Waals surface area contributed by atoms with Gasteiger partial charge in [-0.05, 0) is 43.9 Å². The third kappa shape index (κ3) is 8.04. The third-order valence-corrected chi connectivity index (χ3v) is 7.73. The number of rotatable bonds is 12. The molecule has 8 nitrogen and oxygen atoms in total. The molecule has 2 amide bonds. The number of sulfonamides is 1. The molecule has 1 aliphatic rings. The standard InChI is InChI=1S/C23H36FN3O5S/c1-4-7-22(28)25-12-10-21(11-13-25)27(17-19-8-6-9-20(24)16-19)23(29)18-26(14-15-32-3)33(30,31)5-2/h6,8-9,16,21H,4-5,7,10-15,17-18H2,1-3H3. The van der Waals surface area contributed by atoms with Gasteiger partial charge in [-0.3, -0.25) is 9.59 Å². The smallest absolute Gasteiger partial charge is 0.238 e. The molecule has 0 unspecified atom stereocenters. The Morgan fingerprint density at radius 2 is 1.91 bits per heavy atom. The van der Waals surface area contributed by atoms with Gasteiger partial charge in [0.25, 0.3) is 0 Å². The van der Waals surface area contributed by atoms with Crippen molar-refractivity contribution in [2.75, 3.05) is 45.6 Å². The number of amides is 2. The largest absolute Gasteiger partial charge is 0.383 e. The van der Waals surface area contributed by atoms with E-state index < -0.39 is 15.8 Å². The molecule has 10 heteroatoms. The van der Waals surface area contributed by atoms with E-state index in [4.69, 9.17) is 4.74 Å². The van der Waals surface area contributed by atoms with Gasteiger partial charge in [0, 0.05) is 45.8 Å². The summed E-state index contributed by atoms with van der Waals surface area (Å²) in [7, 11) is -2.13. The summed E-state index contributed by atoms with van der Waals surface area (Å²) in [5, 5.41) is 0. The number of nitrogens with zero attached hydrogens (tertiary/aromatic N) is 3. The summed E-state index contributed by atoms with van der Waals surface area (Å²) in [4.78, 5) is 29.1. The minimum Gasteiger partial charge on any atom is -0.383 e. The zero-order valence-electron chi connectivity index (χ0n) is 19.8. The summed E-state index contributed by atoms with van der Waals surface area (Å²) < 4.78 is 45.0. The number of likely N-dealkylation sites (tertiary alicyclic amines) is 1. The van der Waals surface area contributed by atoms with Crippen molar-refractivity contribution in [3.8, 4) is 0 Å². The molecule has 0 radical (unpaired) electrons. The van der Waals surface area contributed by atoms with E-state index in [9.17, 15) is 22.4 Å². The molecule has 0 N–H and O–H groups in total. The van der Waals surface area contributed by atoms with E-state index in [0.717, 1.165) is 10.7 Å². The summed E-state index contributed by atoms with van der Waals surface area (Å²) in [6.07, 6.45) is 2.47. The fourth-order valence-electron chi connectivity index (χ4n) is 3.99. The lowest BCUT2D eigenvalue weighted by Crippen LogP contribution is -2.51. The van der Waals surface area contributed by atoms with Gasteiger partial charge in [0.05, 0.1) is 18.9 Å². The first-order valence-electron chi connectivity index (χ1n) is 11.5. The number of hydrogen-bond donors (Lipinski definition) is 0. The van der Waals surface area contributed by atoms with Crippen molar-refractivity contribution in [3.05, 3.63) is 35.6 Å². The molecular formula is C23H36FN3O5S. The second-order valence-corrected chi connectivity index (χ2v) is 10.5. The van der Waals surface area contributed by atoms with Crippen LogP contribution in [0.4, 0.5) is 4.39 Å². The number of benzene rings is 1. The van der Waals surface area contributed by atoms with Crippen LogP contribution < -0.4 is 0 Å². The molecule has 0 aromatic heterocycles. The lowest BCUT2D eigenvalue weighted by Gasteiger charge is -2.39. The highest BCUT2D eigenvalue weighted by Gasteiger charge is 2.32. The number of piperidine rings is 1. The Hall–Kier alpha value is -2.04. The quantitative estimate of drug-likeness (QED) is 0.453. The van der Waals surface area contributed by atoms with Gasteiger partial charge in [0.2, 0.25) is 21.8 Å². The molecule has 1 fully saturated rings. The van der Waals surface area contributed by atoms with E-state index >= 15 is 0 Å². The van der Waals surface area contributed by atoms with E-state index in [1.165, 1.54) is 26.2 Å². The van der Waals surface area contributed by atoms with E-state index in [1.54, 1.807) is 17.0 Å². The average molecular weight is 486 g/mol. The van der Waals surface area contributed by atoms with E-state index in [1.807, 2.05) is 11.8 Å². The average Bonchev–Trinajstić information content (AvgIpc) is 2.80. The number of methoxy groups -OCH3 is 1. The maximum Gasteiger partial charge on any atom is 0.238 e. The zero-order valence-corrected chi connectivity index (χ0v) is 20.7. The lowest BCUT2D eigenvalue weighted by atomic mass is 10.0. The van der Waals surface area contributed by atoms with Crippen LogP contribution >= 0.6 is 0 Å². The summed E-state index contributed by atoms with van der Waals surface area (Å²) >= 11 is 0. The fourth-order valence-corrected chi connectivity index (χ4v) is 5.01. The minimum atomic E-state index is -3.60. The van der Waals surface area contributed by atoms with Crippen molar-refractivity contribution in [2.24, 2.45) is 0 Å². The van der Waals surface area contributed by atoms with Gasteiger partial charge in [-0.15, -0.1) is 0 Å². The second kappa shape index (κ2) is 13.0. The van der Waals surface area contributed by atoms with Crippen LogP contribution in [0, 0.1) is 5.82 Å². The summed E-state index contributed by atoms with van der Waals surface area (Å²) in [5.74, 6) is -0.745. The molecule has 0 aliphatic carbocycles. The number of carbonyl (C=O) groups is 2. The predicted molar refractivity (Wildman–Crippen MR) is 124 cm³/mol. The Morgan fingerprint density at radius 3 is 2.48 bits per heavy atom. The normalized spacial score (nSPS) is 15.1. The summed E-state index contributed by atoms with van der Waals surface area (Å²) in [6.45, 7) is 4.70. The van der Waals surface area contributed by atoms with Gasteiger partial charge in [0.1, 0.15) is 5.82 Å². The lowest BCUT2D eigenvalue weighted by molar-refractivity contribution is -0.137. The second-order valence-electron chi connectivity index (χ2n) is 8.24. The molecule has 0 spiro atoms. The van der Waals surface area contributed by atoms with Crippen LogP contribution in [-0.4, -0.2) is 86.0 Å². The molecule has 1 heterocycles. The van der Waals surface area contributed by atoms with Crippen molar-refractivity contribution in [2.45, 2.75) is 52.1 Å². The van der Waals surface area contributed by atoms with Crippen LogP contribution in [-0.2, 0) is 30.9 Å². The highest BCUT2D eigenvalue weighted by molar-refractivity contribution is 7.89. The Labute approximate surface area is 196 Å². The Balaban J connectivity index is 2.21. The first-order valence-corrected chi connectivity index (χ1v) is 13.1. The summed E-state index contributed by atoms with van der Waals surface area (Å²) in [6, 6.07) is 5.89. The first-order chi connectivity index (χ1) is 15.7. The van der Waals surface area contributed by atoms with Crippen molar-refractivity contribution in [1.82, 2.24) is 14.1 Å². The monoisotopic (exact) mass is 485 g/mol. The molecule has 33 heavy (non-hydrogen) atoms. The topological polar surface area (TPSA) is 87.2 Å². The molecule has 0 bridgehead atoms. The molecule has 1 saturated heterocycles. The minimum absolute atomic E-state index is 0.0795. The third-order valence-electron chi connectivity index (χ3n) is 5.90. The highest BCUT2D eigenvalue weighted by Crippen LogP contribution is 2.21. The summed E-state index contributed by atoms with van der Waals surface area (Å²) in [5.41, 5.74) is 0.634. The van der Waals surface area contributed by atoms with Gasteiger partial charge in [-0.2, -0.15) is 4.31 Å². The first kappa shape index (κ1) is 27.2. The van der Waals surface area contributed by atoms with Gasteiger partial charge in [-0.1, -0.05) is 19.1 Å². The zero-order chi connectivity index (χ0) is 24.4.